The van der Waals surface area contributed by atoms with Gasteiger partial charge in [-0.2, -0.15) is 0 Å². The van der Waals surface area contributed by atoms with Gasteiger partial charge in [0.15, 0.2) is 0 Å². The van der Waals surface area contributed by atoms with Crippen molar-refractivity contribution in [1.29, 1.82) is 0 Å². The SMILES string of the molecule is CCOC(=O)CC(O)C(O)c1nc(Cl)ccc1O. The van der Waals surface area contributed by atoms with Crippen molar-refractivity contribution in [3.05, 3.63) is 23.0 Å². The van der Waals surface area contributed by atoms with E-state index in [0.717, 1.165) is 0 Å². The molecular formula is C11H14ClNO5. The summed E-state index contributed by atoms with van der Waals surface area (Å²) < 4.78 is 4.63. The first-order valence-electron chi connectivity index (χ1n) is 5.32. The number of hydrogen-bond donors (Lipinski definition) is 3. The average molecular weight is 276 g/mol. The molecule has 0 aliphatic rings. The molecule has 6 nitrogen and oxygen atoms in total. The van der Waals surface area contributed by atoms with Crippen LogP contribution < -0.4 is 0 Å². The van der Waals surface area contributed by atoms with Crippen LogP contribution in [0.4, 0.5) is 0 Å². The number of aromatic nitrogens is 1. The van der Waals surface area contributed by atoms with Crippen molar-refractivity contribution in [3.8, 4) is 5.75 Å². The van der Waals surface area contributed by atoms with Crippen LogP contribution in [0.15, 0.2) is 12.1 Å². The number of esters is 1. The summed E-state index contributed by atoms with van der Waals surface area (Å²) in [7, 11) is 0. The van der Waals surface area contributed by atoms with Gasteiger partial charge in [-0.05, 0) is 19.1 Å². The number of hydrogen-bond acceptors (Lipinski definition) is 6. The number of aliphatic hydroxyl groups excluding tert-OH is 2. The van der Waals surface area contributed by atoms with Gasteiger partial charge in [-0.1, -0.05) is 11.6 Å². The number of aromatic hydroxyl groups is 1. The van der Waals surface area contributed by atoms with Crippen LogP contribution in [-0.4, -0.2) is 39.0 Å². The fourth-order valence-corrected chi connectivity index (χ4v) is 1.50. The van der Waals surface area contributed by atoms with Gasteiger partial charge >= 0.3 is 5.97 Å². The van der Waals surface area contributed by atoms with E-state index in [1.807, 2.05) is 0 Å². The highest BCUT2D eigenvalue weighted by Crippen LogP contribution is 2.27. The maximum Gasteiger partial charge on any atom is 0.308 e. The van der Waals surface area contributed by atoms with Gasteiger partial charge in [0, 0.05) is 0 Å². The van der Waals surface area contributed by atoms with Gasteiger partial charge in [0.25, 0.3) is 0 Å². The molecule has 0 saturated heterocycles. The second-order valence-corrected chi connectivity index (χ2v) is 3.95. The molecule has 3 N–H and O–H groups in total. The van der Waals surface area contributed by atoms with Crippen molar-refractivity contribution in [2.45, 2.75) is 25.6 Å². The molecule has 1 heterocycles. The lowest BCUT2D eigenvalue weighted by molar-refractivity contribution is -0.147. The van der Waals surface area contributed by atoms with Crippen LogP contribution in [0.5, 0.6) is 5.75 Å². The second-order valence-electron chi connectivity index (χ2n) is 3.56. The minimum absolute atomic E-state index is 0.0604. The molecule has 0 aliphatic carbocycles. The Balaban J connectivity index is 2.76. The van der Waals surface area contributed by atoms with Crippen molar-refractivity contribution < 1.29 is 24.9 Å². The lowest BCUT2D eigenvalue weighted by Crippen LogP contribution is -2.24. The topological polar surface area (TPSA) is 99.9 Å². The first-order chi connectivity index (χ1) is 8.45. The van der Waals surface area contributed by atoms with E-state index >= 15 is 0 Å². The zero-order chi connectivity index (χ0) is 13.7. The molecule has 2 atom stereocenters. The van der Waals surface area contributed by atoms with Gasteiger partial charge in [0.1, 0.15) is 22.7 Å². The fourth-order valence-electron chi connectivity index (χ4n) is 1.34. The number of ether oxygens (including phenoxy) is 1. The quantitative estimate of drug-likeness (QED) is 0.543. The Morgan fingerprint density at radius 3 is 2.78 bits per heavy atom. The van der Waals surface area contributed by atoms with Crippen molar-refractivity contribution in [2.75, 3.05) is 6.61 Å². The molecule has 0 saturated carbocycles. The molecule has 1 aromatic heterocycles. The number of aliphatic hydroxyl groups is 2. The number of nitrogens with zero attached hydrogens (tertiary/aromatic N) is 1. The first-order valence-corrected chi connectivity index (χ1v) is 5.70. The van der Waals surface area contributed by atoms with Crippen LogP contribution in [0.1, 0.15) is 25.1 Å². The maximum atomic E-state index is 11.1. The monoisotopic (exact) mass is 275 g/mol. The number of carbonyl (C=O) groups excluding carboxylic acids is 1. The molecule has 100 valence electrons. The summed E-state index contributed by atoms with van der Waals surface area (Å²) in [5.41, 5.74) is -0.181. The summed E-state index contributed by atoms with van der Waals surface area (Å²) >= 11 is 5.61. The van der Waals surface area contributed by atoms with E-state index < -0.39 is 24.6 Å². The summed E-state index contributed by atoms with van der Waals surface area (Å²) in [6, 6.07) is 2.58. The van der Waals surface area contributed by atoms with Gasteiger partial charge in [-0.25, -0.2) is 4.98 Å². The van der Waals surface area contributed by atoms with E-state index in [4.69, 9.17) is 11.6 Å². The van der Waals surface area contributed by atoms with Gasteiger partial charge in [-0.15, -0.1) is 0 Å². The minimum Gasteiger partial charge on any atom is -0.506 e. The Morgan fingerprint density at radius 1 is 1.50 bits per heavy atom. The summed E-state index contributed by atoms with van der Waals surface area (Å²) in [5, 5.41) is 29.0. The highest BCUT2D eigenvalue weighted by molar-refractivity contribution is 6.29. The number of halogens is 1. The fraction of sp³-hybridized carbons (Fsp3) is 0.455. The summed E-state index contributed by atoms with van der Waals surface area (Å²) in [6.07, 6.45) is -3.35. The first kappa shape index (κ1) is 14.7. The molecule has 0 bridgehead atoms. The summed E-state index contributed by atoms with van der Waals surface area (Å²) in [6.45, 7) is 1.81. The van der Waals surface area contributed by atoms with Crippen LogP contribution in [0.3, 0.4) is 0 Å². The van der Waals surface area contributed by atoms with E-state index in [1.165, 1.54) is 12.1 Å². The van der Waals surface area contributed by atoms with Crippen LogP contribution in [0.25, 0.3) is 0 Å². The van der Waals surface area contributed by atoms with E-state index in [1.54, 1.807) is 6.92 Å². The molecule has 7 heteroatoms. The highest BCUT2D eigenvalue weighted by Gasteiger charge is 2.25. The Hall–Kier alpha value is -1.37. The smallest absolute Gasteiger partial charge is 0.308 e. The third kappa shape index (κ3) is 3.83. The summed E-state index contributed by atoms with van der Waals surface area (Å²) in [5.74, 6) is -0.958. The zero-order valence-corrected chi connectivity index (χ0v) is 10.5. The highest BCUT2D eigenvalue weighted by atomic mass is 35.5. The molecule has 18 heavy (non-hydrogen) atoms. The molecule has 1 aromatic rings. The van der Waals surface area contributed by atoms with Crippen molar-refractivity contribution in [2.24, 2.45) is 0 Å². The lowest BCUT2D eigenvalue weighted by Gasteiger charge is -2.17. The van der Waals surface area contributed by atoms with Gasteiger partial charge < -0.3 is 20.1 Å². The molecule has 0 radical (unpaired) electrons. The van der Waals surface area contributed by atoms with Crippen LogP contribution in [0.2, 0.25) is 5.15 Å². The molecule has 0 aliphatic heterocycles. The zero-order valence-electron chi connectivity index (χ0n) is 9.71. The van der Waals surface area contributed by atoms with Crippen LogP contribution in [-0.2, 0) is 9.53 Å². The largest absolute Gasteiger partial charge is 0.506 e. The molecular weight excluding hydrogens is 262 g/mol. The van der Waals surface area contributed by atoms with E-state index in [0.29, 0.717) is 0 Å². The number of pyridine rings is 1. The third-order valence-corrected chi connectivity index (χ3v) is 2.40. The lowest BCUT2D eigenvalue weighted by atomic mass is 10.1. The Kier molecular flexibility index (Phi) is 5.33. The molecule has 0 aromatic carbocycles. The Morgan fingerprint density at radius 2 is 2.17 bits per heavy atom. The Bertz CT molecular complexity index is 426. The normalized spacial score (nSPS) is 14.0. The van der Waals surface area contributed by atoms with Crippen molar-refractivity contribution in [1.82, 2.24) is 4.98 Å². The average Bonchev–Trinajstić information content (AvgIpc) is 2.31. The van der Waals surface area contributed by atoms with Gasteiger partial charge in [0.05, 0.1) is 19.1 Å². The predicted molar refractivity (Wildman–Crippen MR) is 63.1 cm³/mol. The van der Waals surface area contributed by atoms with Crippen LogP contribution in [0, 0.1) is 0 Å². The molecule has 1 rings (SSSR count). The molecule has 0 amide bonds. The van der Waals surface area contributed by atoms with Crippen molar-refractivity contribution in [3.63, 3.8) is 0 Å². The number of carbonyl (C=O) groups is 1. The van der Waals surface area contributed by atoms with E-state index in [2.05, 4.69) is 9.72 Å². The van der Waals surface area contributed by atoms with Gasteiger partial charge in [-0.3, -0.25) is 4.79 Å². The Labute approximate surface area is 109 Å². The standard InChI is InChI=1S/C11H14ClNO5/c1-2-18-9(16)5-7(15)11(17)10-6(14)3-4-8(12)13-10/h3-4,7,11,14-15,17H,2,5H2,1H3. The molecule has 0 spiro atoms. The van der Waals surface area contributed by atoms with E-state index in [-0.39, 0.29) is 23.2 Å². The predicted octanol–water partition coefficient (Wildman–Crippen LogP) is 0.788. The maximum absolute atomic E-state index is 11.1. The molecule has 2 unspecified atom stereocenters. The van der Waals surface area contributed by atoms with Crippen LogP contribution >= 0.6 is 11.6 Å². The van der Waals surface area contributed by atoms with Gasteiger partial charge in [0.2, 0.25) is 0 Å². The van der Waals surface area contributed by atoms with Crippen molar-refractivity contribution >= 4 is 17.6 Å². The molecule has 0 fully saturated rings. The third-order valence-electron chi connectivity index (χ3n) is 2.19. The second kappa shape index (κ2) is 6.53. The summed E-state index contributed by atoms with van der Waals surface area (Å²) in [4.78, 5) is 14.8. The van der Waals surface area contributed by atoms with E-state index in [9.17, 15) is 20.1 Å². The minimum atomic E-state index is -1.52. The number of rotatable bonds is 5.